The van der Waals surface area contributed by atoms with Crippen LogP contribution >= 0.6 is 21.6 Å². The van der Waals surface area contributed by atoms with Crippen LogP contribution in [0, 0.1) is 13.8 Å². The standard InChI is InChI=1S/C12H19P.ClH/c1-10-7-11(2)9-12(8-10)5-3-4-6-13;/h7-9H,3-6,13H2,1-2H3;1H. The molecule has 0 saturated heterocycles. The average molecular weight is 231 g/mol. The van der Waals surface area contributed by atoms with Crippen molar-refractivity contribution < 1.29 is 0 Å². The largest absolute Gasteiger partial charge is 0.147 e. The molecule has 0 aliphatic carbocycles. The van der Waals surface area contributed by atoms with E-state index in [0.717, 1.165) is 0 Å². The molecule has 0 fully saturated rings. The van der Waals surface area contributed by atoms with E-state index in [1.165, 1.54) is 42.1 Å². The van der Waals surface area contributed by atoms with Gasteiger partial charge in [0.25, 0.3) is 0 Å². The minimum Gasteiger partial charge on any atom is -0.147 e. The molecule has 1 atom stereocenters. The van der Waals surface area contributed by atoms with Crippen molar-refractivity contribution in [2.45, 2.75) is 33.1 Å². The van der Waals surface area contributed by atoms with E-state index in [0.29, 0.717) is 0 Å². The number of hydrogen-bond acceptors (Lipinski definition) is 0. The van der Waals surface area contributed by atoms with Gasteiger partial charge in [-0.3, -0.25) is 0 Å². The van der Waals surface area contributed by atoms with Gasteiger partial charge in [0.1, 0.15) is 0 Å². The van der Waals surface area contributed by atoms with Crippen LogP contribution < -0.4 is 0 Å². The van der Waals surface area contributed by atoms with Crippen molar-refractivity contribution in [1.82, 2.24) is 0 Å². The Kier molecular flexibility index (Phi) is 7.23. The van der Waals surface area contributed by atoms with Crippen molar-refractivity contribution in [2.24, 2.45) is 0 Å². The Balaban J connectivity index is 0.00000169. The van der Waals surface area contributed by atoms with E-state index in [-0.39, 0.29) is 12.4 Å². The number of rotatable bonds is 4. The van der Waals surface area contributed by atoms with Gasteiger partial charge in [-0.1, -0.05) is 29.3 Å². The van der Waals surface area contributed by atoms with E-state index in [4.69, 9.17) is 0 Å². The molecule has 0 heterocycles. The van der Waals surface area contributed by atoms with Gasteiger partial charge in [-0.25, -0.2) is 0 Å². The van der Waals surface area contributed by atoms with Crippen LogP contribution in [0.25, 0.3) is 0 Å². The first kappa shape index (κ1) is 13.9. The summed E-state index contributed by atoms with van der Waals surface area (Å²) >= 11 is 0. The smallest absolute Gasteiger partial charge is 0.0279 e. The highest BCUT2D eigenvalue weighted by Crippen LogP contribution is 2.11. The lowest BCUT2D eigenvalue weighted by Gasteiger charge is -2.04. The Bertz CT molecular complexity index is 251. The maximum atomic E-state index is 2.78. The van der Waals surface area contributed by atoms with Crippen molar-refractivity contribution in [1.29, 1.82) is 0 Å². The fourth-order valence-electron chi connectivity index (χ4n) is 1.69. The topological polar surface area (TPSA) is 0 Å². The zero-order valence-electron chi connectivity index (χ0n) is 9.05. The lowest BCUT2D eigenvalue weighted by Crippen LogP contribution is -1.88. The summed E-state index contributed by atoms with van der Waals surface area (Å²) in [5.41, 5.74) is 4.28. The van der Waals surface area contributed by atoms with Crippen LogP contribution in [0.1, 0.15) is 29.5 Å². The third-order valence-corrected chi connectivity index (χ3v) is 2.61. The lowest BCUT2D eigenvalue weighted by molar-refractivity contribution is 0.801. The summed E-state index contributed by atoms with van der Waals surface area (Å²) in [6.45, 7) is 4.35. The van der Waals surface area contributed by atoms with Gasteiger partial charge in [-0.05, 0) is 44.8 Å². The monoisotopic (exact) mass is 230 g/mol. The first-order valence-corrected chi connectivity index (χ1v) is 5.81. The molecule has 0 aliphatic heterocycles. The predicted octanol–water partition coefficient (Wildman–Crippen LogP) is 3.92. The van der Waals surface area contributed by atoms with E-state index in [1.807, 2.05) is 0 Å². The van der Waals surface area contributed by atoms with Crippen LogP contribution in [-0.4, -0.2) is 6.16 Å². The molecule has 1 rings (SSSR count). The zero-order valence-corrected chi connectivity index (χ0v) is 11.0. The highest BCUT2D eigenvalue weighted by atomic mass is 35.5. The minimum absolute atomic E-state index is 0. The fourth-order valence-corrected chi connectivity index (χ4v) is 1.98. The van der Waals surface area contributed by atoms with Crippen molar-refractivity contribution >= 4 is 21.6 Å². The minimum atomic E-state index is 0. The first-order valence-electron chi connectivity index (χ1n) is 4.99. The summed E-state index contributed by atoms with van der Waals surface area (Å²) in [5, 5.41) is 0. The molecule has 0 nitrogen and oxygen atoms in total. The summed E-state index contributed by atoms with van der Waals surface area (Å²) in [7, 11) is 2.78. The molecule has 0 aliphatic rings. The lowest BCUT2D eigenvalue weighted by atomic mass is 10.0. The van der Waals surface area contributed by atoms with Gasteiger partial charge in [-0.2, -0.15) is 0 Å². The number of hydrogen-bond donors (Lipinski definition) is 0. The second-order valence-corrected chi connectivity index (χ2v) is 4.32. The van der Waals surface area contributed by atoms with E-state index in [1.54, 1.807) is 0 Å². The quantitative estimate of drug-likeness (QED) is 0.543. The van der Waals surface area contributed by atoms with Gasteiger partial charge in [0.15, 0.2) is 0 Å². The van der Waals surface area contributed by atoms with Crippen molar-refractivity contribution in [3.8, 4) is 0 Å². The maximum Gasteiger partial charge on any atom is -0.0279 e. The summed E-state index contributed by atoms with van der Waals surface area (Å²) < 4.78 is 0. The summed E-state index contributed by atoms with van der Waals surface area (Å²) in [4.78, 5) is 0. The van der Waals surface area contributed by atoms with Crippen LogP contribution in [0.15, 0.2) is 18.2 Å². The number of aryl methyl sites for hydroxylation is 3. The number of unbranched alkanes of at least 4 members (excludes halogenated alkanes) is 1. The maximum absolute atomic E-state index is 2.78. The molecule has 1 aromatic carbocycles. The van der Waals surface area contributed by atoms with Crippen LogP contribution in [0.2, 0.25) is 0 Å². The Morgan fingerprint density at radius 3 is 2.07 bits per heavy atom. The van der Waals surface area contributed by atoms with Gasteiger partial charge in [0.05, 0.1) is 0 Å². The molecule has 14 heavy (non-hydrogen) atoms. The molecule has 0 aromatic heterocycles. The molecule has 0 amide bonds. The van der Waals surface area contributed by atoms with E-state index >= 15 is 0 Å². The third kappa shape index (κ3) is 4.98. The molecular weight excluding hydrogens is 211 g/mol. The summed E-state index contributed by atoms with van der Waals surface area (Å²) in [5.74, 6) is 0. The second-order valence-electron chi connectivity index (χ2n) is 3.74. The Morgan fingerprint density at radius 2 is 1.57 bits per heavy atom. The second kappa shape index (κ2) is 7.26. The Hall–Kier alpha value is -0.0600. The Morgan fingerprint density at radius 1 is 1.00 bits per heavy atom. The van der Waals surface area contributed by atoms with E-state index < -0.39 is 0 Å². The Labute approximate surface area is 96.1 Å². The van der Waals surface area contributed by atoms with Crippen molar-refractivity contribution in [2.75, 3.05) is 6.16 Å². The van der Waals surface area contributed by atoms with Gasteiger partial charge >= 0.3 is 0 Å². The molecular formula is C12H20ClP. The molecule has 1 unspecified atom stereocenters. The van der Waals surface area contributed by atoms with Crippen molar-refractivity contribution in [3.05, 3.63) is 34.9 Å². The normalized spacial score (nSPS) is 9.64. The molecule has 0 radical (unpaired) electrons. The highest BCUT2D eigenvalue weighted by Gasteiger charge is 1.95. The average Bonchev–Trinajstić information content (AvgIpc) is 2.03. The first-order chi connectivity index (χ1) is 6.22. The van der Waals surface area contributed by atoms with Crippen LogP contribution in [0.5, 0.6) is 0 Å². The van der Waals surface area contributed by atoms with Gasteiger partial charge in [-0.15, -0.1) is 21.6 Å². The molecule has 2 heteroatoms. The van der Waals surface area contributed by atoms with Gasteiger partial charge in [0.2, 0.25) is 0 Å². The van der Waals surface area contributed by atoms with Gasteiger partial charge < -0.3 is 0 Å². The SMILES string of the molecule is Cc1cc(C)cc(CCCCP)c1.Cl. The van der Waals surface area contributed by atoms with E-state index in [9.17, 15) is 0 Å². The highest BCUT2D eigenvalue weighted by molar-refractivity contribution is 7.16. The molecule has 0 spiro atoms. The van der Waals surface area contributed by atoms with Gasteiger partial charge in [0, 0.05) is 0 Å². The molecule has 0 saturated carbocycles. The summed E-state index contributed by atoms with van der Waals surface area (Å²) in [6, 6.07) is 6.84. The van der Waals surface area contributed by atoms with Crippen LogP contribution in [0.4, 0.5) is 0 Å². The summed E-state index contributed by atoms with van der Waals surface area (Å²) in [6.07, 6.45) is 5.09. The third-order valence-electron chi connectivity index (χ3n) is 2.20. The molecule has 0 bridgehead atoms. The van der Waals surface area contributed by atoms with Crippen LogP contribution in [0.3, 0.4) is 0 Å². The zero-order chi connectivity index (χ0) is 9.68. The van der Waals surface area contributed by atoms with Crippen molar-refractivity contribution in [3.63, 3.8) is 0 Å². The number of benzene rings is 1. The fraction of sp³-hybridized carbons (Fsp3) is 0.500. The number of halogens is 1. The molecule has 0 N–H and O–H groups in total. The van der Waals surface area contributed by atoms with E-state index in [2.05, 4.69) is 41.3 Å². The molecule has 80 valence electrons. The predicted molar refractivity (Wildman–Crippen MR) is 70.7 cm³/mol. The van der Waals surface area contributed by atoms with Crippen LogP contribution in [-0.2, 0) is 6.42 Å². The molecule has 1 aromatic rings.